The predicted octanol–water partition coefficient (Wildman–Crippen LogP) is 0.0966. The average molecular weight is 145 g/mol. The van der Waals surface area contributed by atoms with E-state index in [-0.39, 0.29) is 0 Å². The van der Waals surface area contributed by atoms with Crippen LogP contribution in [0.4, 0.5) is 0 Å². The van der Waals surface area contributed by atoms with E-state index in [0.717, 1.165) is 6.42 Å². The van der Waals surface area contributed by atoms with Crippen molar-refractivity contribution in [3.63, 3.8) is 0 Å². The molecule has 0 aromatic carbocycles. The third-order valence-corrected chi connectivity index (χ3v) is 1.27. The summed E-state index contributed by atoms with van der Waals surface area (Å²) >= 11 is 0. The zero-order valence-corrected chi connectivity index (χ0v) is 5.54. The summed E-state index contributed by atoms with van der Waals surface area (Å²) in [5.74, 6) is -0.730. The first-order valence-electron chi connectivity index (χ1n) is 3.22. The van der Waals surface area contributed by atoms with Crippen LogP contribution in [0.3, 0.4) is 0 Å². The summed E-state index contributed by atoms with van der Waals surface area (Å²) in [4.78, 5) is 10.4. The molecule has 0 bridgehead atoms. The SMILES string of the molecule is [O]CC(=O)OC1CCCO1. The molecular weight excluding hydrogens is 136 g/mol. The molecule has 0 amide bonds. The van der Waals surface area contributed by atoms with E-state index in [9.17, 15) is 9.90 Å². The summed E-state index contributed by atoms with van der Waals surface area (Å²) in [7, 11) is 0. The molecule has 1 saturated heterocycles. The highest BCUT2D eigenvalue weighted by Gasteiger charge is 2.18. The molecule has 0 N–H and O–H groups in total. The zero-order chi connectivity index (χ0) is 7.40. The summed E-state index contributed by atoms with van der Waals surface area (Å²) in [5, 5.41) is 9.89. The Bertz CT molecular complexity index is 117. The molecule has 1 atom stereocenters. The van der Waals surface area contributed by atoms with Gasteiger partial charge in [0, 0.05) is 6.42 Å². The highest BCUT2D eigenvalue weighted by molar-refractivity contribution is 5.70. The van der Waals surface area contributed by atoms with Gasteiger partial charge < -0.3 is 9.47 Å². The Morgan fingerprint density at radius 2 is 2.50 bits per heavy atom. The van der Waals surface area contributed by atoms with Crippen molar-refractivity contribution in [2.75, 3.05) is 13.2 Å². The van der Waals surface area contributed by atoms with Crippen molar-refractivity contribution < 1.29 is 19.4 Å². The Balaban J connectivity index is 2.17. The summed E-state index contributed by atoms with van der Waals surface area (Å²) in [6.45, 7) is -0.198. The van der Waals surface area contributed by atoms with Crippen molar-refractivity contribution in [1.29, 1.82) is 0 Å². The van der Waals surface area contributed by atoms with E-state index >= 15 is 0 Å². The van der Waals surface area contributed by atoms with Crippen molar-refractivity contribution in [3.05, 3.63) is 0 Å². The molecule has 1 aliphatic heterocycles. The van der Waals surface area contributed by atoms with Crippen LogP contribution in [0, 0.1) is 0 Å². The Morgan fingerprint density at radius 1 is 1.70 bits per heavy atom. The first-order chi connectivity index (χ1) is 4.83. The molecule has 1 rings (SSSR count). The predicted molar refractivity (Wildman–Crippen MR) is 30.6 cm³/mol. The van der Waals surface area contributed by atoms with Crippen molar-refractivity contribution in [2.45, 2.75) is 19.1 Å². The molecule has 0 aromatic heterocycles. The van der Waals surface area contributed by atoms with Gasteiger partial charge in [0.25, 0.3) is 0 Å². The third-order valence-electron chi connectivity index (χ3n) is 1.27. The lowest BCUT2D eigenvalue weighted by Crippen LogP contribution is -2.18. The maximum Gasteiger partial charge on any atom is 0.337 e. The quantitative estimate of drug-likeness (QED) is 0.517. The summed E-state index contributed by atoms with van der Waals surface area (Å²) in [6, 6.07) is 0. The van der Waals surface area contributed by atoms with Crippen LogP contribution < -0.4 is 0 Å². The Hall–Kier alpha value is -0.610. The van der Waals surface area contributed by atoms with Gasteiger partial charge in [-0.1, -0.05) is 0 Å². The minimum absolute atomic E-state index is 0.457. The second kappa shape index (κ2) is 3.53. The molecular formula is C6H9O4. The number of hydrogen-bond donors (Lipinski definition) is 0. The molecule has 0 aromatic rings. The van der Waals surface area contributed by atoms with Crippen LogP contribution in [0.2, 0.25) is 0 Å². The first kappa shape index (κ1) is 7.50. The highest BCUT2D eigenvalue weighted by Crippen LogP contribution is 2.12. The molecule has 1 fully saturated rings. The fraction of sp³-hybridized carbons (Fsp3) is 0.833. The van der Waals surface area contributed by atoms with E-state index < -0.39 is 18.9 Å². The topological polar surface area (TPSA) is 55.4 Å². The van der Waals surface area contributed by atoms with E-state index in [1.807, 2.05) is 0 Å². The Morgan fingerprint density at radius 3 is 3.00 bits per heavy atom. The molecule has 0 aliphatic carbocycles. The molecule has 10 heavy (non-hydrogen) atoms. The maximum atomic E-state index is 10.4. The minimum atomic E-state index is -0.820. The van der Waals surface area contributed by atoms with E-state index in [1.54, 1.807) is 0 Å². The molecule has 1 heterocycles. The fourth-order valence-electron chi connectivity index (χ4n) is 0.822. The second-order valence-corrected chi connectivity index (χ2v) is 2.08. The molecule has 1 radical (unpaired) electrons. The summed E-state index contributed by atoms with van der Waals surface area (Å²) in [5.41, 5.74) is 0. The summed E-state index contributed by atoms with van der Waals surface area (Å²) in [6.07, 6.45) is 1.16. The number of carbonyl (C=O) groups excluding carboxylic acids is 1. The highest BCUT2D eigenvalue weighted by atomic mass is 16.7. The minimum Gasteiger partial charge on any atom is -0.434 e. The zero-order valence-electron chi connectivity index (χ0n) is 5.54. The molecule has 0 saturated carbocycles. The largest absolute Gasteiger partial charge is 0.434 e. The van der Waals surface area contributed by atoms with Gasteiger partial charge in [0.15, 0.2) is 6.61 Å². The second-order valence-electron chi connectivity index (χ2n) is 2.08. The van der Waals surface area contributed by atoms with Crippen LogP contribution in [0.1, 0.15) is 12.8 Å². The number of esters is 1. The van der Waals surface area contributed by atoms with Crippen LogP contribution in [0.25, 0.3) is 0 Å². The molecule has 1 unspecified atom stereocenters. The average Bonchev–Trinajstić information content (AvgIpc) is 2.40. The molecule has 4 heteroatoms. The number of carbonyl (C=O) groups is 1. The lowest BCUT2D eigenvalue weighted by atomic mass is 10.4. The van der Waals surface area contributed by atoms with Crippen molar-refractivity contribution in [2.24, 2.45) is 0 Å². The van der Waals surface area contributed by atoms with Crippen LogP contribution in [-0.2, 0) is 19.4 Å². The maximum absolute atomic E-state index is 10.4. The Labute approximate surface area is 58.7 Å². The molecule has 4 nitrogen and oxygen atoms in total. The van der Waals surface area contributed by atoms with Gasteiger partial charge in [-0.2, -0.15) is 0 Å². The van der Waals surface area contributed by atoms with Crippen LogP contribution in [0.15, 0.2) is 0 Å². The van der Waals surface area contributed by atoms with Crippen molar-refractivity contribution >= 4 is 5.97 Å². The normalized spacial score (nSPS) is 24.7. The summed E-state index contributed by atoms with van der Waals surface area (Å²) < 4.78 is 9.53. The third kappa shape index (κ3) is 1.97. The monoisotopic (exact) mass is 145 g/mol. The molecule has 57 valence electrons. The lowest BCUT2D eigenvalue weighted by Gasteiger charge is -2.08. The van der Waals surface area contributed by atoms with E-state index in [4.69, 9.17) is 4.74 Å². The van der Waals surface area contributed by atoms with Crippen LogP contribution >= 0.6 is 0 Å². The molecule has 0 spiro atoms. The number of rotatable bonds is 2. The smallest absolute Gasteiger partial charge is 0.337 e. The van der Waals surface area contributed by atoms with Gasteiger partial charge >= 0.3 is 5.97 Å². The van der Waals surface area contributed by atoms with Crippen LogP contribution in [-0.4, -0.2) is 25.5 Å². The number of ether oxygens (including phenoxy) is 2. The lowest BCUT2D eigenvalue weighted by molar-refractivity contribution is -0.174. The van der Waals surface area contributed by atoms with Crippen LogP contribution in [0.5, 0.6) is 0 Å². The number of hydrogen-bond acceptors (Lipinski definition) is 3. The van der Waals surface area contributed by atoms with Crippen molar-refractivity contribution in [3.8, 4) is 0 Å². The van der Waals surface area contributed by atoms with Gasteiger partial charge in [-0.25, -0.2) is 9.90 Å². The van der Waals surface area contributed by atoms with Gasteiger partial charge in [-0.15, -0.1) is 0 Å². The first-order valence-corrected chi connectivity index (χ1v) is 3.22. The van der Waals surface area contributed by atoms with Gasteiger partial charge in [-0.3, -0.25) is 0 Å². The van der Waals surface area contributed by atoms with E-state index in [2.05, 4.69) is 4.74 Å². The fourth-order valence-corrected chi connectivity index (χ4v) is 0.822. The van der Waals surface area contributed by atoms with Gasteiger partial charge in [0.2, 0.25) is 6.29 Å². The van der Waals surface area contributed by atoms with Gasteiger partial charge in [0.05, 0.1) is 6.61 Å². The molecule has 1 aliphatic rings. The Kier molecular flexibility index (Phi) is 2.65. The van der Waals surface area contributed by atoms with Gasteiger partial charge in [-0.05, 0) is 6.42 Å². The standard InChI is InChI=1S/C6H9O4/c7-4-5(8)10-6-2-1-3-9-6/h6H,1-4H2. The van der Waals surface area contributed by atoms with E-state index in [1.165, 1.54) is 0 Å². The van der Waals surface area contributed by atoms with Crippen molar-refractivity contribution in [1.82, 2.24) is 0 Å². The van der Waals surface area contributed by atoms with E-state index in [0.29, 0.717) is 13.0 Å². The van der Waals surface area contributed by atoms with Gasteiger partial charge in [0.1, 0.15) is 0 Å².